The lowest BCUT2D eigenvalue weighted by Gasteiger charge is -2.34. The summed E-state index contributed by atoms with van der Waals surface area (Å²) in [6.07, 6.45) is 2.00. The summed E-state index contributed by atoms with van der Waals surface area (Å²) in [7, 11) is 2.15. The van der Waals surface area contributed by atoms with E-state index < -0.39 is 0 Å². The highest BCUT2D eigenvalue weighted by Crippen LogP contribution is 2.28. The number of likely N-dealkylation sites (N-methyl/N-ethyl adjacent to an activating group) is 1. The van der Waals surface area contributed by atoms with Gasteiger partial charge in [-0.15, -0.1) is 0 Å². The van der Waals surface area contributed by atoms with Crippen LogP contribution >= 0.6 is 0 Å². The van der Waals surface area contributed by atoms with E-state index in [4.69, 9.17) is 0 Å². The topological polar surface area (TPSA) is 64.7 Å². The Labute approximate surface area is 171 Å². The fourth-order valence-corrected chi connectivity index (χ4v) is 3.48. The van der Waals surface area contributed by atoms with Crippen molar-refractivity contribution in [2.75, 3.05) is 43.4 Å². The minimum Gasteiger partial charge on any atom is -0.369 e. The van der Waals surface area contributed by atoms with Crippen molar-refractivity contribution in [3.63, 3.8) is 0 Å². The first-order chi connectivity index (χ1) is 14.1. The number of benzene rings is 2. The Morgan fingerprint density at radius 1 is 0.931 bits per heavy atom. The molecule has 2 aromatic carbocycles. The molecule has 1 heterocycles. The summed E-state index contributed by atoms with van der Waals surface area (Å²) in [5.74, 6) is 0.209. The molecule has 0 radical (unpaired) electrons. The molecule has 2 amide bonds. The van der Waals surface area contributed by atoms with E-state index in [-0.39, 0.29) is 17.7 Å². The molecule has 2 aromatic rings. The van der Waals surface area contributed by atoms with Crippen molar-refractivity contribution >= 4 is 23.2 Å². The van der Waals surface area contributed by atoms with E-state index >= 15 is 0 Å². The van der Waals surface area contributed by atoms with Gasteiger partial charge in [0.25, 0.3) is 5.91 Å². The van der Waals surface area contributed by atoms with E-state index in [1.807, 2.05) is 24.3 Å². The molecule has 0 aromatic heterocycles. The van der Waals surface area contributed by atoms with Crippen molar-refractivity contribution in [1.29, 1.82) is 0 Å². The Hall–Kier alpha value is -2.86. The standard InChI is InChI=1S/C23H28N4O2/c1-26-12-14-27(15-13-26)21-10-8-20(9-11-21)25-23(29)19-4-2-17(3-5-19)16-24-22(28)18-6-7-18/h2-5,8-11,18H,6-7,12-16H2,1H3,(H,24,28)(H,25,29). The number of hydrogen-bond acceptors (Lipinski definition) is 4. The Bertz CT molecular complexity index is 851. The van der Waals surface area contributed by atoms with E-state index in [2.05, 4.69) is 39.6 Å². The summed E-state index contributed by atoms with van der Waals surface area (Å²) < 4.78 is 0. The third-order valence-electron chi connectivity index (χ3n) is 5.62. The first-order valence-corrected chi connectivity index (χ1v) is 10.3. The van der Waals surface area contributed by atoms with Gasteiger partial charge in [0.15, 0.2) is 0 Å². The minimum absolute atomic E-state index is 0.131. The summed E-state index contributed by atoms with van der Waals surface area (Å²) in [5.41, 5.74) is 3.57. The van der Waals surface area contributed by atoms with E-state index in [1.54, 1.807) is 12.1 Å². The molecule has 1 aliphatic carbocycles. The number of carbonyl (C=O) groups is 2. The highest BCUT2D eigenvalue weighted by Gasteiger charge is 2.29. The molecule has 0 bridgehead atoms. The molecule has 4 rings (SSSR count). The maximum atomic E-state index is 12.5. The Morgan fingerprint density at radius 2 is 1.59 bits per heavy atom. The zero-order chi connectivity index (χ0) is 20.2. The molecular weight excluding hydrogens is 364 g/mol. The first kappa shape index (κ1) is 19.5. The molecule has 152 valence electrons. The van der Waals surface area contributed by atoms with Crippen LogP contribution in [0.25, 0.3) is 0 Å². The van der Waals surface area contributed by atoms with Crippen LogP contribution in [-0.2, 0) is 11.3 Å². The van der Waals surface area contributed by atoms with Gasteiger partial charge in [-0.3, -0.25) is 9.59 Å². The SMILES string of the molecule is CN1CCN(c2ccc(NC(=O)c3ccc(CNC(=O)C4CC4)cc3)cc2)CC1. The molecule has 2 aliphatic rings. The fourth-order valence-electron chi connectivity index (χ4n) is 3.48. The highest BCUT2D eigenvalue weighted by molar-refractivity contribution is 6.04. The minimum atomic E-state index is -0.133. The van der Waals surface area contributed by atoms with Gasteiger partial charge in [-0.1, -0.05) is 12.1 Å². The van der Waals surface area contributed by atoms with Gasteiger partial charge in [0.1, 0.15) is 0 Å². The fraction of sp³-hybridized carbons (Fsp3) is 0.391. The predicted molar refractivity (Wildman–Crippen MR) is 115 cm³/mol. The van der Waals surface area contributed by atoms with Gasteiger partial charge >= 0.3 is 0 Å². The van der Waals surface area contributed by atoms with Crippen LogP contribution in [0, 0.1) is 5.92 Å². The molecule has 0 atom stereocenters. The number of hydrogen-bond donors (Lipinski definition) is 2. The second kappa shape index (κ2) is 8.66. The van der Waals surface area contributed by atoms with Crippen molar-refractivity contribution in [2.45, 2.75) is 19.4 Å². The summed E-state index contributed by atoms with van der Waals surface area (Å²) in [6, 6.07) is 15.4. The van der Waals surface area contributed by atoms with Crippen LogP contribution in [-0.4, -0.2) is 49.9 Å². The van der Waals surface area contributed by atoms with Crippen LogP contribution in [0.5, 0.6) is 0 Å². The number of anilines is 2. The monoisotopic (exact) mass is 392 g/mol. The summed E-state index contributed by atoms with van der Waals surface area (Å²) in [6.45, 7) is 4.69. The molecule has 6 nitrogen and oxygen atoms in total. The molecule has 1 saturated heterocycles. The van der Waals surface area contributed by atoms with Crippen molar-refractivity contribution in [3.8, 4) is 0 Å². The third-order valence-corrected chi connectivity index (χ3v) is 5.62. The summed E-state index contributed by atoms with van der Waals surface area (Å²) in [4.78, 5) is 28.9. The summed E-state index contributed by atoms with van der Waals surface area (Å²) in [5, 5.41) is 5.89. The number of piperazine rings is 1. The van der Waals surface area contributed by atoms with Crippen molar-refractivity contribution in [3.05, 3.63) is 59.7 Å². The van der Waals surface area contributed by atoms with Crippen molar-refractivity contribution in [2.24, 2.45) is 5.92 Å². The Balaban J connectivity index is 1.29. The van der Waals surface area contributed by atoms with E-state index in [0.717, 1.165) is 50.3 Å². The van der Waals surface area contributed by atoms with E-state index in [1.165, 1.54) is 5.69 Å². The largest absolute Gasteiger partial charge is 0.369 e. The average molecular weight is 393 g/mol. The number of amides is 2. The van der Waals surface area contributed by atoms with Gasteiger partial charge in [-0.2, -0.15) is 0 Å². The van der Waals surface area contributed by atoms with Gasteiger partial charge in [0, 0.05) is 55.6 Å². The summed E-state index contributed by atoms with van der Waals surface area (Å²) >= 11 is 0. The maximum Gasteiger partial charge on any atom is 0.255 e. The van der Waals surface area contributed by atoms with E-state index in [0.29, 0.717) is 12.1 Å². The highest BCUT2D eigenvalue weighted by atomic mass is 16.2. The number of carbonyl (C=O) groups excluding carboxylic acids is 2. The molecule has 2 fully saturated rings. The Morgan fingerprint density at radius 3 is 2.21 bits per heavy atom. The second-order valence-corrected chi connectivity index (χ2v) is 7.98. The van der Waals surface area contributed by atoms with E-state index in [9.17, 15) is 9.59 Å². The predicted octanol–water partition coefficient (Wildman–Crippen LogP) is 2.72. The average Bonchev–Trinajstić information content (AvgIpc) is 3.59. The lowest BCUT2D eigenvalue weighted by atomic mass is 10.1. The van der Waals surface area contributed by atoms with Crippen LogP contribution in [0.1, 0.15) is 28.8 Å². The first-order valence-electron chi connectivity index (χ1n) is 10.3. The molecule has 1 aliphatic heterocycles. The van der Waals surface area contributed by atoms with Gasteiger partial charge < -0.3 is 20.4 Å². The molecule has 0 unspecified atom stereocenters. The van der Waals surface area contributed by atoms with Crippen molar-refractivity contribution < 1.29 is 9.59 Å². The number of rotatable bonds is 6. The van der Waals surface area contributed by atoms with Crippen LogP contribution in [0.3, 0.4) is 0 Å². The third kappa shape index (κ3) is 5.15. The van der Waals surface area contributed by atoms with Gasteiger partial charge in [-0.25, -0.2) is 0 Å². The molecule has 29 heavy (non-hydrogen) atoms. The van der Waals surface area contributed by atoms with Gasteiger partial charge in [0.2, 0.25) is 5.91 Å². The number of nitrogens with one attached hydrogen (secondary N) is 2. The van der Waals surface area contributed by atoms with Crippen LogP contribution in [0.2, 0.25) is 0 Å². The molecule has 1 saturated carbocycles. The normalized spacial score (nSPS) is 17.1. The molecule has 2 N–H and O–H groups in total. The smallest absolute Gasteiger partial charge is 0.255 e. The lowest BCUT2D eigenvalue weighted by Crippen LogP contribution is -2.44. The zero-order valence-electron chi connectivity index (χ0n) is 16.9. The maximum absolute atomic E-state index is 12.5. The lowest BCUT2D eigenvalue weighted by molar-refractivity contribution is -0.122. The number of nitrogens with zero attached hydrogens (tertiary/aromatic N) is 2. The van der Waals surface area contributed by atoms with Crippen molar-refractivity contribution in [1.82, 2.24) is 10.2 Å². The van der Waals surface area contributed by atoms with Gasteiger partial charge in [0.05, 0.1) is 0 Å². The Kier molecular flexibility index (Phi) is 5.81. The molecule has 0 spiro atoms. The van der Waals surface area contributed by atoms with Crippen LogP contribution in [0.15, 0.2) is 48.5 Å². The second-order valence-electron chi connectivity index (χ2n) is 7.98. The molecule has 6 heteroatoms. The zero-order valence-corrected chi connectivity index (χ0v) is 16.9. The van der Waals surface area contributed by atoms with Crippen LogP contribution < -0.4 is 15.5 Å². The quantitative estimate of drug-likeness (QED) is 0.793. The molecular formula is C23H28N4O2. The van der Waals surface area contributed by atoms with Gasteiger partial charge in [-0.05, 0) is 61.9 Å². The van der Waals surface area contributed by atoms with Crippen LogP contribution in [0.4, 0.5) is 11.4 Å².